The predicted octanol–water partition coefficient (Wildman–Crippen LogP) is 1.57. The molecule has 86 valence electrons. The summed E-state index contributed by atoms with van der Waals surface area (Å²) in [6, 6.07) is 0. The van der Waals surface area contributed by atoms with Gasteiger partial charge in [0.1, 0.15) is 5.01 Å². The first-order chi connectivity index (χ1) is 7.08. The number of halogens is 1. The Kier molecular flexibility index (Phi) is 5.45. The van der Waals surface area contributed by atoms with Crippen molar-refractivity contribution in [3.63, 3.8) is 0 Å². The molecule has 0 aliphatic rings. The van der Waals surface area contributed by atoms with E-state index in [4.69, 9.17) is 11.6 Å². The number of aromatic nitrogens is 2. The Morgan fingerprint density at radius 2 is 1.93 bits per heavy atom. The highest BCUT2D eigenvalue weighted by Crippen LogP contribution is 2.15. The molecule has 0 fully saturated rings. The fourth-order valence-electron chi connectivity index (χ4n) is 1.26. The third-order valence-corrected chi connectivity index (χ3v) is 3.00. The summed E-state index contributed by atoms with van der Waals surface area (Å²) < 4.78 is 0.520. The summed E-state index contributed by atoms with van der Waals surface area (Å²) in [6.45, 7) is 3.01. The Hall–Kier alpha value is -0.230. The van der Waals surface area contributed by atoms with Gasteiger partial charge in [-0.25, -0.2) is 0 Å². The molecule has 1 rings (SSSR count). The Labute approximate surface area is 99.9 Å². The monoisotopic (exact) mass is 248 g/mol. The van der Waals surface area contributed by atoms with E-state index in [0.717, 1.165) is 31.1 Å². The number of hydrogen-bond donors (Lipinski definition) is 0. The van der Waals surface area contributed by atoms with E-state index < -0.39 is 0 Å². The molecule has 0 N–H and O–H groups in total. The van der Waals surface area contributed by atoms with Crippen molar-refractivity contribution in [3.05, 3.63) is 9.47 Å². The lowest BCUT2D eigenvalue weighted by Crippen LogP contribution is -2.23. The lowest BCUT2D eigenvalue weighted by Gasteiger charge is -2.16. The molecule has 0 atom stereocenters. The average Bonchev–Trinajstić information content (AvgIpc) is 2.50. The molecule has 0 spiro atoms. The van der Waals surface area contributed by atoms with Crippen molar-refractivity contribution in [3.8, 4) is 0 Å². The summed E-state index contributed by atoms with van der Waals surface area (Å²) >= 11 is 7.16. The average molecular weight is 249 g/mol. The van der Waals surface area contributed by atoms with Gasteiger partial charge in [-0.3, -0.25) is 4.90 Å². The molecular weight excluding hydrogens is 232 g/mol. The summed E-state index contributed by atoms with van der Waals surface area (Å²) in [4.78, 5) is 4.43. The molecule has 1 aromatic heterocycles. The second kappa shape index (κ2) is 6.37. The Morgan fingerprint density at radius 1 is 1.20 bits per heavy atom. The van der Waals surface area contributed by atoms with Crippen LogP contribution < -0.4 is 0 Å². The second-order valence-corrected chi connectivity index (χ2v) is 5.49. The predicted molar refractivity (Wildman–Crippen MR) is 64.4 cm³/mol. The molecule has 0 saturated heterocycles. The SMILES string of the molecule is CN(C)CCCN(C)Cc1nnc(Cl)s1. The molecule has 0 aliphatic heterocycles. The van der Waals surface area contributed by atoms with Gasteiger partial charge in [0.15, 0.2) is 0 Å². The van der Waals surface area contributed by atoms with E-state index in [1.54, 1.807) is 0 Å². The minimum Gasteiger partial charge on any atom is -0.309 e. The van der Waals surface area contributed by atoms with Gasteiger partial charge in [-0.1, -0.05) is 11.3 Å². The normalized spacial score (nSPS) is 11.6. The van der Waals surface area contributed by atoms with Crippen LogP contribution in [0.25, 0.3) is 0 Å². The van der Waals surface area contributed by atoms with Gasteiger partial charge in [-0.05, 0) is 52.3 Å². The van der Waals surface area contributed by atoms with Crippen molar-refractivity contribution < 1.29 is 0 Å². The van der Waals surface area contributed by atoms with Gasteiger partial charge in [-0.15, -0.1) is 10.2 Å². The van der Waals surface area contributed by atoms with E-state index in [2.05, 4.69) is 41.1 Å². The van der Waals surface area contributed by atoms with E-state index >= 15 is 0 Å². The lowest BCUT2D eigenvalue weighted by molar-refractivity contribution is 0.294. The van der Waals surface area contributed by atoms with Crippen molar-refractivity contribution in [2.45, 2.75) is 13.0 Å². The minimum absolute atomic E-state index is 0.520. The van der Waals surface area contributed by atoms with Gasteiger partial charge >= 0.3 is 0 Å². The van der Waals surface area contributed by atoms with Gasteiger partial charge in [0.05, 0.1) is 6.54 Å². The molecule has 0 saturated carbocycles. The minimum atomic E-state index is 0.520. The molecule has 0 amide bonds. The molecule has 0 bridgehead atoms. The first-order valence-corrected chi connectivity index (χ1v) is 6.08. The van der Waals surface area contributed by atoms with Crippen LogP contribution >= 0.6 is 22.9 Å². The summed E-state index contributed by atoms with van der Waals surface area (Å²) in [6.07, 6.45) is 1.16. The van der Waals surface area contributed by atoms with Gasteiger partial charge in [0, 0.05) is 0 Å². The molecule has 4 nitrogen and oxygen atoms in total. The van der Waals surface area contributed by atoms with Gasteiger partial charge in [0.25, 0.3) is 0 Å². The number of hydrogen-bond acceptors (Lipinski definition) is 5. The summed E-state index contributed by atoms with van der Waals surface area (Å²) in [7, 11) is 6.26. The highest BCUT2D eigenvalue weighted by atomic mass is 35.5. The molecule has 6 heteroatoms. The van der Waals surface area contributed by atoms with Gasteiger partial charge in [0.2, 0.25) is 4.47 Å². The first-order valence-electron chi connectivity index (χ1n) is 4.89. The molecule has 1 heterocycles. The number of rotatable bonds is 6. The van der Waals surface area contributed by atoms with Crippen molar-refractivity contribution >= 4 is 22.9 Å². The fourth-order valence-corrected chi connectivity index (χ4v) is 2.21. The van der Waals surface area contributed by atoms with Crippen LogP contribution in [0.5, 0.6) is 0 Å². The third kappa shape index (κ3) is 5.41. The summed E-state index contributed by atoms with van der Waals surface area (Å²) in [5, 5.41) is 8.74. The van der Waals surface area contributed by atoms with E-state index in [1.165, 1.54) is 11.3 Å². The van der Waals surface area contributed by atoms with E-state index in [-0.39, 0.29) is 0 Å². The largest absolute Gasteiger partial charge is 0.309 e. The zero-order valence-electron chi connectivity index (χ0n) is 9.40. The van der Waals surface area contributed by atoms with E-state index in [9.17, 15) is 0 Å². The van der Waals surface area contributed by atoms with Crippen molar-refractivity contribution in [2.24, 2.45) is 0 Å². The summed E-state index contributed by atoms with van der Waals surface area (Å²) in [5.74, 6) is 0. The smallest absolute Gasteiger partial charge is 0.207 e. The maximum absolute atomic E-state index is 5.71. The zero-order valence-corrected chi connectivity index (χ0v) is 11.0. The maximum Gasteiger partial charge on any atom is 0.207 e. The standard InChI is InChI=1S/C9H17ClN4S/c1-13(2)5-4-6-14(3)7-8-11-12-9(10)15-8/h4-7H2,1-3H3. The maximum atomic E-state index is 5.71. The fraction of sp³-hybridized carbons (Fsp3) is 0.778. The van der Waals surface area contributed by atoms with Crippen molar-refractivity contribution in [1.82, 2.24) is 20.0 Å². The van der Waals surface area contributed by atoms with Crippen LogP contribution in [0.2, 0.25) is 4.47 Å². The third-order valence-electron chi connectivity index (χ3n) is 1.99. The van der Waals surface area contributed by atoms with Crippen LogP contribution in [0.4, 0.5) is 0 Å². The van der Waals surface area contributed by atoms with Crippen LogP contribution in [0.1, 0.15) is 11.4 Å². The highest BCUT2D eigenvalue weighted by molar-refractivity contribution is 7.15. The second-order valence-electron chi connectivity index (χ2n) is 3.84. The van der Waals surface area contributed by atoms with Crippen molar-refractivity contribution in [2.75, 3.05) is 34.2 Å². The molecule has 0 unspecified atom stereocenters. The van der Waals surface area contributed by atoms with Gasteiger partial charge in [-0.2, -0.15) is 0 Å². The molecule has 15 heavy (non-hydrogen) atoms. The Morgan fingerprint density at radius 3 is 2.47 bits per heavy atom. The first kappa shape index (κ1) is 12.8. The molecule has 1 aromatic rings. The molecule has 0 aromatic carbocycles. The molecule has 0 aliphatic carbocycles. The van der Waals surface area contributed by atoms with Crippen LogP contribution in [0, 0.1) is 0 Å². The van der Waals surface area contributed by atoms with Crippen LogP contribution in [-0.4, -0.2) is 54.2 Å². The topological polar surface area (TPSA) is 32.3 Å². The number of nitrogens with zero attached hydrogens (tertiary/aromatic N) is 4. The van der Waals surface area contributed by atoms with Crippen LogP contribution in [0.3, 0.4) is 0 Å². The zero-order chi connectivity index (χ0) is 11.3. The molecular formula is C9H17ClN4S. The van der Waals surface area contributed by atoms with E-state index in [0.29, 0.717) is 4.47 Å². The van der Waals surface area contributed by atoms with Gasteiger partial charge < -0.3 is 4.90 Å². The highest BCUT2D eigenvalue weighted by Gasteiger charge is 2.05. The van der Waals surface area contributed by atoms with Crippen molar-refractivity contribution in [1.29, 1.82) is 0 Å². The lowest BCUT2D eigenvalue weighted by atomic mass is 10.4. The molecule has 0 radical (unpaired) electrons. The van der Waals surface area contributed by atoms with Crippen LogP contribution in [-0.2, 0) is 6.54 Å². The van der Waals surface area contributed by atoms with Crippen LogP contribution in [0.15, 0.2) is 0 Å². The quantitative estimate of drug-likeness (QED) is 0.765. The Balaban J connectivity index is 2.21. The summed E-state index contributed by atoms with van der Waals surface area (Å²) in [5.41, 5.74) is 0. The van der Waals surface area contributed by atoms with E-state index in [1.807, 2.05) is 0 Å². The Bertz CT molecular complexity index is 289.